The monoisotopic (exact) mass is 364 g/mol. The molecule has 0 saturated carbocycles. The Morgan fingerprint density at radius 2 is 2.28 bits per heavy atom. The number of ether oxygens (including phenoxy) is 1. The lowest BCUT2D eigenvalue weighted by Gasteiger charge is -2.34. The van der Waals surface area contributed by atoms with E-state index < -0.39 is 5.38 Å². The standard InChI is InChI=1S/C20H26ClFN2O/c1-20(2,13-6-8-25-9-7-13)10-18-15(11-23)16(12-24-18)14-4-3-5-17(21)19(14)22/h3-4,6,15-18,24H,5,7-10,12H2,1-2H3. The molecule has 0 amide bonds. The summed E-state index contributed by atoms with van der Waals surface area (Å²) in [6.07, 6.45) is 8.21. The number of alkyl halides is 1. The molecule has 5 heteroatoms. The van der Waals surface area contributed by atoms with Gasteiger partial charge in [-0.25, -0.2) is 4.39 Å². The lowest BCUT2D eigenvalue weighted by molar-refractivity contribution is 0.143. The van der Waals surface area contributed by atoms with Crippen LogP contribution in [-0.2, 0) is 4.74 Å². The zero-order valence-electron chi connectivity index (χ0n) is 14.9. The lowest BCUT2D eigenvalue weighted by Crippen LogP contribution is -2.34. The quantitative estimate of drug-likeness (QED) is 0.598. The number of nitriles is 1. The van der Waals surface area contributed by atoms with Gasteiger partial charge in [0.25, 0.3) is 0 Å². The van der Waals surface area contributed by atoms with E-state index in [0.29, 0.717) is 25.1 Å². The van der Waals surface area contributed by atoms with Crippen LogP contribution >= 0.6 is 11.6 Å². The summed E-state index contributed by atoms with van der Waals surface area (Å²) in [6, 6.07) is 2.49. The Morgan fingerprint density at radius 1 is 1.48 bits per heavy atom. The Bertz CT molecular complexity index is 647. The molecule has 1 saturated heterocycles. The van der Waals surface area contributed by atoms with Crippen molar-refractivity contribution in [1.29, 1.82) is 5.26 Å². The molecular formula is C20H26ClFN2O. The third kappa shape index (κ3) is 3.84. The van der Waals surface area contributed by atoms with Gasteiger partial charge < -0.3 is 10.1 Å². The fourth-order valence-electron chi connectivity index (χ4n) is 4.30. The number of halogens is 2. The van der Waals surface area contributed by atoms with Gasteiger partial charge in [-0.05, 0) is 30.3 Å². The van der Waals surface area contributed by atoms with Crippen LogP contribution in [0.3, 0.4) is 0 Å². The molecule has 25 heavy (non-hydrogen) atoms. The zero-order chi connectivity index (χ0) is 18.0. The van der Waals surface area contributed by atoms with Gasteiger partial charge in [0.05, 0.1) is 30.6 Å². The molecule has 0 aromatic heterocycles. The number of rotatable bonds is 4. The van der Waals surface area contributed by atoms with Crippen LogP contribution in [0.15, 0.2) is 35.2 Å². The second-order valence-corrected chi connectivity index (χ2v) is 8.35. The van der Waals surface area contributed by atoms with E-state index in [0.717, 1.165) is 19.4 Å². The van der Waals surface area contributed by atoms with Gasteiger partial charge >= 0.3 is 0 Å². The maximum Gasteiger partial charge on any atom is 0.122 e. The molecule has 1 fully saturated rings. The van der Waals surface area contributed by atoms with Crippen molar-refractivity contribution in [1.82, 2.24) is 5.32 Å². The van der Waals surface area contributed by atoms with Crippen LogP contribution in [0.1, 0.15) is 33.1 Å². The lowest BCUT2D eigenvalue weighted by atomic mass is 9.73. The van der Waals surface area contributed by atoms with Crippen LogP contribution in [0.2, 0.25) is 0 Å². The second kappa shape index (κ2) is 7.61. The van der Waals surface area contributed by atoms with Crippen LogP contribution in [0, 0.1) is 28.6 Å². The van der Waals surface area contributed by atoms with Gasteiger partial charge in [-0.2, -0.15) is 5.26 Å². The number of nitrogens with zero attached hydrogens (tertiary/aromatic N) is 1. The normalized spacial score (nSPS) is 33.3. The first-order valence-corrected chi connectivity index (χ1v) is 9.48. The fourth-order valence-corrected chi connectivity index (χ4v) is 4.53. The van der Waals surface area contributed by atoms with Crippen LogP contribution < -0.4 is 5.32 Å². The minimum absolute atomic E-state index is 0.00418. The molecule has 1 N–H and O–H groups in total. The summed E-state index contributed by atoms with van der Waals surface area (Å²) in [5.41, 5.74) is 2.00. The van der Waals surface area contributed by atoms with E-state index in [2.05, 4.69) is 31.3 Å². The predicted octanol–water partition coefficient (Wildman–Crippen LogP) is 4.27. The number of hydrogen-bond acceptors (Lipinski definition) is 3. The predicted molar refractivity (Wildman–Crippen MR) is 97.8 cm³/mol. The summed E-state index contributed by atoms with van der Waals surface area (Å²) in [6.45, 7) is 6.50. The Labute approximate surface area is 154 Å². The van der Waals surface area contributed by atoms with Crippen LogP contribution in [0.5, 0.6) is 0 Å². The summed E-state index contributed by atoms with van der Waals surface area (Å²) in [4.78, 5) is 0. The molecule has 0 spiro atoms. The minimum atomic E-state index is -0.595. The van der Waals surface area contributed by atoms with E-state index in [-0.39, 0.29) is 29.1 Å². The summed E-state index contributed by atoms with van der Waals surface area (Å²) in [5.74, 6) is -0.636. The van der Waals surface area contributed by atoms with Crippen molar-refractivity contribution in [2.45, 2.75) is 44.5 Å². The third-order valence-electron chi connectivity index (χ3n) is 5.77. The summed E-state index contributed by atoms with van der Waals surface area (Å²) in [7, 11) is 0. The van der Waals surface area contributed by atoms with Gasteiger partial charge in [0.2, 0.25) is 0 Å². The van der Waals surface area contributed by atoms with Crippen LogP contribution in [-0.4, -0.2) is 31.2 Å². The largest absolute Gasteiger partial charge is 0.377 e. The molecule has 0 aromatic carbocycles. The third-order valence-corrected chi connectivity index (χ3v) is 6.14. The van der Waals surface area contributed by atoms with Gasteiger partial charge in [-0.1, -0.05) is 37.6 Å². The molecule has 0 aromatic rings. The van der Waals surface area contributed by atoms with Gasteiger partial charge in [0, 0.05) is 18.5 Å². The number of allylic oxidation sites excluding steroid dienone is 3. The molecule has 3 nitrogen and oxygen atoms in total. The molecule has 0 radical (unpaired) electrons. The van der Waals surface area contributed by atoms with Crippen LogP contribution in [0.25, 0.3) is 0 Å². The summed E-state index contributed by atoms with van der Waals surface area (Å²) >= 11 is 6.07. The first-order valence-electron chi connectivity index (χ1n) is 9.04. The van der Waals surface area contributed by atoms with E-state index in [1.54, 1.807) is 0 Å². The van der Waals surface area contributed by atoms with Crippen LogP contribution in [0.4, 0.5) is 4.39 Å². The average Bonchev–Trinajstić information content (AvgIpc) is 3.00. The molecule has 2 heterocycles. The Balaban J connectivity index is 1.76. The zero-order valence-corrected chi connectivity index (χ0v) is 15.7. The first kappa shape index (κ1) is 18.6. The molecular weight excluding hydrogens is 339 g/mol. The first-order chi connectivity index (χ1) is 11.9. The Morgan fingerprint density at radius 3 is 2.96 bits per heavy atom. The molecule has 4 unspecified atom stereocenters. The maximum absolute atomic E-state index is 14.5. The average molecular weight is 365 g/mol. The van der Waals surface area contributed by atoms with Crippen molar-refractivity contribution in [3.05, 3.63) is 35.2 Å². The highest BCUT2D eigenvalue weighted by Crippen LogP contribution is 2.42. The van der Waals surface area contributed by atoms with Crippen molar-refractivity contribution in [2.75, 3.05) is 19.8 Å². The van der Waals surface area contributed by atoms with Crippen molar-refractivity contribution in [3.63, 3.8) is 0 Å². The topological polar surface area (TPSA) is 45.0 Å². The van der Waals surface area contributed by atoms with Crippen molar-refractivity contribution in [3.8, 4) is 6.07 Å². The highest BCUT2D eigenvalue weighted by Gasteiger charge is 2.42. The maximum atomic E-state index is 14.5. The molecule has 3 aliphatic rings. The Kier molecular flexibility index (Phi) is 5.68. The smallest absolute Gasteiger partial charge is 0.122 e. The van der Waals surface area contributed by atoms with Crippen molar-refractivity contribution < 1.29 is 9.13 Å². The van der Waals surface area contributed by atoms with E-state index in [4.69, 9.17) is 16.3 Å². The van der Waals surface area contributed by atoms with Crippen molar-refractivity contribution in [2.24, 2.45) is 17.3 Å². The molecule has 3 rings (SSSR count). The molecule has 1 aliphatic carbocycles. The minimum Gasteiger partial charge on any atom is -0.377 e. The number of hydrogen-bond donors (Lipinski definition) is 1. The van der Waals surface area contributed by atoms with E-state index >= 15 is 0 Å². The Hall–Kier alpha value is -1.15. The van der Waals surface area contributed by atoms with E-state index in [9.17, 15) is 9.65 Å². The number of nitrogens with one attached hydrogen (secondary N) is 1. The van der Waals surface area contributed by atoms with E-state index in [1.165, 1.54) is 5.57 Å². The molecule has 0 bridgehead atoms. The SMILES string of the molecule is CC(C)(CC1NCC(C2=C(F)C(Cl)CC=C2)C1C#N)C1=CCOCC1. The fraction of sp³-hybridized carbons (Fsp3) is 0.650. The molecule has 2 aliphatic heterocycles. The van der Waals surface area contributed by atoms with E-state index in [1.807, 2.05) is 12.2 Å². The highest BCUT2D eigenvalue weighted by molar-refractivity contribution is 6.22. The second-order valence-electron chi connectivity index (χ2n) is 7.83. The van der Waals surface area contributed by atoms with Gasteiger partial charge in [-0.3, -0.25) is 0 Å². The molecule has 4 atom stereocenters. The van der Waals surface area contributed by atoms with Crippen molar-refractivity contribution >= 4 is 11.6 Å². The van der Waals surface area contributed by atoms with Gasteiger partial charge in [-0.15, -0.1) is 11.6 Å². The summed E-state index contributed by atoms with van der Waals surface area (Å²) in [5, 5.41) is 12.7. The summed E-state index contributed by atoms with van der Waals surface area (Å²) < 4.78 is 19.9. The van der Waals surface area contributed by atoms with Gasteiger partial charge in [0.1, 0.15) is 5.83 Å². The van der Waals surface area contributed by atoms with Gasteiger partial charge in [0.15, 0.2) is 0 Å². The highest BCUT2D eigenvalue weighted by atomic mass is 35.5. The molecule has 136 valence electrons.